The highest BCUT2D eigenvalue weighted by atomic mass is 16.1. The number of nitrogens with one attached hydrogen (secondary N) is 1. The highest BCUT2D eigenvalue weighted by Crippen LogP contribution is 1.68. The Labute approximate surface area is 54.6 Å². The van der Waals surface area contributed by atoms with E-state index in [4.69, 9.17) is 11.5 Å². The van der Waals surface area contributed by atoms with Crippen molar-refractivity contribution in [2.45, 2.75) is 13.0 Å². The third-order valence-electron chi connectivity index (χ3n) is 0.807. The van der Waals surface area contributed by atoms with Gasteiger partial charge >= 0.3 is 0 Å². The summed E-state index contributed by atoms with van der Waals surface area (Å²) in [4.78, 5) is 10.4. The molecule has 0 saturated carbocycles. The molecule has 9 heavy (non-hydrogen) atoms. The van der Waals surface area contributed by atoms with E-state index in [1.54, 1.807) is 0 Å². The molecule has 0 aliphatic heterocycles. The molecular formula is C5H13N3O. The molecule has 0 saturated heterocycles. The zero-order valence-electron chi connectivity index (χ0n) is 5.55. The average molecular weight is 131 g/mol. The van der Waals surface area contributed by atoms with Crippen molar-refractivity contribution < 1.29 is 4.79 Å². The van der Waals surface area contributed by atoms with Crippen molar-refractivity contribution in [2.75, 3.05) is 13.1 Å². The van der Waals surface area contributed by atoms with E-state index < -0.39 is 0 Å². The Morgan fingerprint density at radius 3 is 2.67 bits per heavy atom. The van der Waals surface area contributed by atoms with Crippen LogP contribution >= 0.6 is 0 Å². The van der Waals surface area contributed by atoms with E-state index in [0.29, 0.717) is 6.54 Å². The maximum Gasteiger partial charge on any atom is 0.233 e. The summed E-state index contributed by atoms with van der Waals surface area (Å²) in [6.45, 7) is 2.35. The van der Waals surface area contributed by atoms with Crippen molar-refractivity contribution in [3.8, 4) is 0 Å². The van der Waals surface area contributed by atoms with Crippen molar-refractivity contribution in [2.24, 2.45) is 11.5 Å². The molecule has 54 valence electrons. The fraction of sp³-hybridized carbons (Fsp3) is 0.800. The minimum Gasteiger partial charge on any atom is -0.353 e. The maximum absolute atomic E-state index is 10.4. The molecule has 0 bridgehead atoms. The summed E-state index contributed by atoms with van der Waals surface area (Å²) in [7, 11) is 0. The first-order valence-electron chi connectivity index (χ1n) is 2.89. The van der Waals surface area contributed by atoms with Crippen LogP contribution in [-0.4, -0.2) is 25.0 Å². The summed E-state index contributed by atoms with van der Waals surface area (Å²) in [5, 5.41) is 2.54. The summed E-state index contributed by atoms with van der Waals surface area (Å²) in [6, 6.07) is 0.000463. The Kier molecular flexibility index (Phi) is 4.00. The number of carbonyl (C=O) groups is 1. The molecule has 0 aromatic carbocycles. The number of carbonyl (C=O) groups excluding carboxylic acids is 1. The molecule has 0 heterocycles. The molecule has 0 fully saturated rings. The highest BCUT2D eigenvalue weighted by Gasteiger charge is 1.96. The topological polar surface area (TPSA) is 81.1 Å². The van der Waals surface area contributed by atoms with Crippen LogP contribution in [0.25, 0.3) is 0 Å². The number of rotatable bonds is 3. The fourth-order valence-corrected chi connectivity index (χ4v) is 0.347. The van der Waals surface area contributed by atoms with E-state index in [9.17, 15) is 4.79 Å². The Bertz CT molecular complexity index is 92.2. The van der Waals surface area contributed by atoms with Gasteiger partial charge in [0, 0.05) is 12.6 Å². The van der Waals surface area contributed by atoms with Gasteiger partial charge in [-0.1, -0.05) is 0 Å². The predicted molar refractivity (Wildman–Crippen MR) is 35.7 cm³/mol. The lowest BCUT2D eigenvalue weighted by Gasteiger charge is -2.04. The lowest BCUT2D eigenvalue weighted by molar-refractivity contribution is -0.119. The van der Waals surface area contributed by atoms with Crippen LogP contribution in [0.1, 0.15) is 6.92 Å². The van der Waals surface area contributed by atoms with Crippen LogP contribution in [0.3, 0.4) is 0 Å². The van der Waals surface area contributed by atoms with Gasteiger partial charge in [-0.2, -0.15) is 0 Å². The molecular weight excluding hydrogens is 118 g/mol. The SMILES string of the molecule is CC(N)CNC(=O)CN. The molecule has 5 N–H and O–H groups in total. The predicted octanol–water partition coefficient (Wildman–Crippen LogP) is -1.59. The van der Waals surface area contributed by atoms with E-state index in [-0.39, 0.29) is 18.5 Å². The van der Waals surface area contributed by atoms with Crippen molar-refractivity contribution in [3.05, 3.63) is 0 Å². The van der Waals surface area contributed by atoms with E-state index in [0.717, 1.165) is 0 Å². The summed E-state index contributed by atoms with van der Waals surface area (Å²) in [5.41, 5.74) is 10.3. The zero-order valence-corrected chi connectivity index (χ0v) is 5.55. The van der Waals surface area contributed by atoms with Crippen LogP contribution in [0, 0.1) is 0 Å². The van der Waals surface area contributed by atoms with Gasteiger partial charge in [0.15, 0.2) is 0 Å². The lowest BCUT2D eigenvalue weighted by atomic mass is 10.3. The molecule has 0 aromatic heterocycles. The van der Waals surface area contributed by atoms with Crippen LogP contribution in [0.15, 0.2) is 0 Å². The minimum absolute atomic E-state index is 0.000463. The Balaban J connectivity index is 3.17. The van der Waals surface area contributed by atoms with Gasteiger partial charge in [-0.15, -0.1) is 0 Å². The van der Waals surface area contributed by atoms with Crippen molar-refractivity contribution in [1.82, 2.24) is 5.32 Å². The van der Waals surface area contributed by atoms with E-state index >= 15 is 0 Å². The van der Waals surface area contributed by atoms with Gasteiger partial charge in [-0.05, 0) is 6.92 Å². The minimum atomic E-state index is -0.160. The van der Waals surface area contributed by atoms with E-state index in [2.05, 4.69) is 5.32 Å². The molecule has 0 aliphatic carbocycles. The normalized spacial score (nSPS) is 12.8. The van der Waals surface area contributed by atoms with E-state index in [1.807, 2.05) is 6.92 Å². The first-order valence-corrected chi connectivity index (χ1v) is 2.89. The third-order valence-corrected chi connectivity index (χ3v) is 0.807. The summed E-state index contributed by atoms with van der Waals surface area (Å²) in [5.74, 6) is -0.160. The number of amides is 1. The molecule has 0 spiro atoms. The van der Waals surface area contributed by atoms with Gasteiger partial charge in [-0.25, -0.2) is 0 Å². The van der Waals surface area contributed by atoms with Gasteiger partial charge in [0.05, 0.1) is 6.54 Å². The Morgan fingerprint density at radius 1 is 1.78 bits per heavy atom. The standard InChI is InChI=1S/C5H13N3O/c1-4(7)3-8-5(9)2-6/h4H,2-3,6-7H2,1H3,(H,8,9). The van der Waals surface area contributed by atoms with E-state index in [1.165, 1.54) is 0 Å². The van der Waals surface area contributed by atoms with Crippen molar-refractivity contribution in [3.63, 3.8) is 0 Å². The molecule has 0 aromatic rings. The summed E-state index contributed by atoms with van der Waals surface area (Å²) >= 11 is 0. The lowest BCUT2D eigenvalue weighted by Crippen LogP contribution is -2.38. The van der Waals surface area contributed by atoms with Crippen LogP contribution < -0.4 is 16.8 Å². The number of nitrogens with two attached hydrogens (primary N) is 2. The van der Waals surface area contributed by atoms with Crippen molar-refractivity contribution >= 4 is 5.91 Å². The van der Waals surface area contributed by atoms with Crippen LogP contribution in [-0.2, 0) is 4.79 Å². The smallest absolute Gasteiger partial charge is 0.233 e. The van der Waals surface area contributed by atoms with Gasteiger partial charge in [-0.3, -0.25) is 4.79 Å². The second-order valence-corrected chi connectivity index (χ2v) is 1.99. The number of hydrogen-bond acceptors (Lipinski definition) is 3. The van der Waals surface area contributed by atoms with Crippen LogP contribution in [0.2, 0.25) is 0 Å². The largest absolute Gasteiger partial charge is 0.353 e. The van der Waals surface area contributed by atoms with Crippen molar-refractivity contribution in [1.29, 1.82) is 0 Å². The third kappa shape index (κ3) is 5.26. The quantitative estimate of drug-likeness (QED) is 0.432. The second kappa shape index (κ2) is 4.29. The average Bonchev–Trinajstić information content (AvgIpc) is 1.83. The summed E-state index contributed by atoms with van der Waals surface area (Å²) in [6.07, 6.45) is 0. The summed E-state index contributed by atoms with van der Waals surface area (Å²) < 4.78 is 0. The highest BCUT2D eigenvalue weighted by molar-refractivity contribution is 5.77. The molecule has 0 radical (unpaired) electrons. The molecule has 0 rings (SSSR count). The monoisotopic (exact) mass is 131 g/mol. The van der Waals surface area contributed by atoms with Crippen LogP contribution in [0.5, 0.6) is 0 Å². The maximum atomic E-state index is 10.4. The first kappa shape index (κ1) is 8.39. The van der Waals surface area contributed by atoms with Gasteiger partial charge in [0.2, 0.25) is 5.91 Å². The zero-order chi connectivity index (χ0) is 7.28. The number of hydrogen-bond donors (Lipinski definition) is 3. The molecule has 1 atom stereocenters. The second-order valence-electron chi connectivity index (χ2n) is 1.99. The Morgan fingerprint density at radius 2 is 2.33 bits per heavy atom. The van der Waals surface area contributed by atoms with Gasteiger partial charge in [0.1, 0.15) is 0 Å². The van der Waals surface area contributed by atoms with Gasteiger partial charge in [0.25, 0.3) is 0 Å². The molecule has 1 amide bonds. The molecule has 4 nitrogen and oxygen atoms in total. The van der Waals surface area contributed by atoms with Crippen LogP contribution in [0.4, 0.5) is 0 Å². The van der Waals surface area contributed by atoms with Gasteiger partial charge < -0.3 is 16.8 Å². The Hall–Kier alpha value is -0.610. The molecule has 1 unspecified atom stereocenters. The first-order chi connectivity index (χ1) is 4.16. The molecule has 0 aliphatic rings. The fourth-order valence-electron chi connectivity index (χ4n) is 0.347. The molecule has 4 heteroatoms.